The van der Waals surface area contributed by atoms with Gasteiger partial charge >= 0.3 is 4.34 Å². The minimum atomic E-state index is -1.25. The van der Waals surface area contributed by atoms with Crippen LogP contribution < -0.4 is 5.56 Å². The molecule has 0 amide bonds. The van der Waals surface area contributed by atoms with Crippen LogP contribution in [0.1, 0.15) is 5.89 Å². The molecule has 0 aliphatic carbocycles. The van der Waals surface area contributed by atoms with Crippen LogP contribution in [0, 0.1) is 6.92 Å². The van der Waals surface area contributed by atoms with E-state index in [1.165, 1.54) is 10.8 Å². The molecule has 0 saturated carbocycles. The molecule has 0 aromatic carbocycles. The smallest absolute Gasteiger partial charge is 0.304 e. The standard InChI is InChI=1S/C10H9N5O3S2/c1-4-11-6(14-18-4)7-13-8-5(9(16)15(7)2)12-10(19-8)20(3)17/h1-3H3. The number of fused-ring (bicyclic) bond motifs is 1. The van der Waals surface area contributed by atoms with Crippen molar-refractivity contribution in [3.63, 3.8) is 0 Å². The highest BCUT2D eigenvalue weighted by Crippen LogP contribution is 2.23. The Morgan fingerprint density at radius 1 is 1.35 bits per heavy atom. The zero-order valence-electron chi connectivity index (χ0n) is 10.8. The van der Waals surface area contributed by atoms with Crippen molar-refractivity contribution in [3.8, 4) is 11.6 Å². The third-order valence-electron chi connectivity index (χ3n) is 2.60. The van der Waals surface area contributed by atoms with Crippen molar-refractivity contribution in [2.24, 2.45) is 7.05 Å². The van der Waals surface area contributed by atoms with Crippen LogP contribution >= 0.6 is 11.3 Å². The molecule has 0 aliphatic heterocycles. The lowest BCUT2D eigenvalue weighted by atomic mass is 10.4. The second-order valence-corrected chi connectivity index (χ2v) is 6.56. The predicted octanol–water partition coefficient (Wildman–Crippen LogP) is 0.486. The van der Waals surface area contributed by atoms with E-state index in [0.717, 1.165) is 11.3 Å². The van der Waals surface area contributed by atoms with E-state index in [2.05, 4.69) is 20.1 Å². The molecule has 0 radical (unpaired) electrons. The number of rotatable bonds is 2. The predicted molar refractivity (Wildman–Crippen MR) is 73.0 cm³/mol. The Bertz CT molecular complexity index is 850. The van der Waals surface area contributed by atoms with Gasteiger partial charge in [0, 0.05) is 25.1 Å². The zero-order valence-corrected chi connectivity index (χ0v) is 12.4. The van der Waals surface area contributed by atoms with Crippen LogP contribution in [0.25, 0.3) is 22.0 Å². The summed E-state index contributed by atoms with van der Waals surface area (Å²) in [4.78, 5) is 25.1. The molecule has 3 aromatic heterocycles. The minimum Gasteiger partial charge on any atom is -0.610 e. The van der Waals surface area contributed by atoms with Crippen molar-refractivity contribution in [1.29, 1.82) is 0 Å². The second kappa shape index (κ2) is 4.65. The largest absolute Gasteiger partial charge is 0.610 e. The number of hydrogen-bond donors (Lipinski definition) is 0. The van der Waals surface area contributed by atoms with E-state index < -0.39 is 11.2 Å². The Morgan fingerprint density at radius 2 is 2.10 bits per heavy atom. The highest BCUT2D eigenvalue weighted by atomic mass is 32.2. The second-order valence-electron chi connectivity index (χ2n) is 4.02. The van der Waals surface area contributed by atoms with Crippen molar-refractivity contribution in [2.45, 2.75) is 11.3 Å². The lowest BCUT2D eigenvalue weighted by molar-refractivity contribution is 0.394. The summed E-state index contributed by atoms with van der Waals surface area (Å²) in [5.74, 6) is 0.905. The summed E-state index contributed by atoms with van der Waals surface area (Å²) in [6.07, 6.45) is 1.51. The van der Waals surface area contributed by atoms with Gasteiger partial charge in [0.15, 0.2) is 16.2 Å². The van der Waals surface area contributed by atoms with Gasteiger partial charge < -0.3 is 9.08 Å². The van der Waals surface area contributed by atoms with Crippen molar-refractivity contribution in [3.05, 3.63) is 16.2 Å². The van der Waals surface area contributed by atoms with Crippen LogP contribution in [0.4, 0.5) is 0 Å². The fraction of sp³-hybridized carbons (Fsp3) is 0.300. The normalized spacial score (nSPS) is 13.0. The van der Waals surface area contributed by atoms with E-state index in [1.54, 1.807) is 14.0 Å². The van der Waals surface area contributed by atoms with Gasteiger partial charge in [-0.25, -0.2) is 4.98 Å². The van der Waals surface area contributed by atoms with E-state index >= 15 is 0 Å². The number of aromatic nitrogens is 5. The Hall–Kier alpha value is -1.78. The van der Waals surface area contributed by atoms with Gasteiger partial charge in [0.25, 0.3) is 5.56 Å². The average molecular weight is 311 g/mol. The molecular weight excluding hydrogens is 302 g/mol. The molecule has 8 nitrogen and oxygen atoms in total. The maximum absolute atomic E-state index is 12.2. The SMILES string of the molecule is Cc1nc(-c2nc3sc([S+](C)[O-])nc3c(=O)n2C)no1. The summed E-state index contributed by atoms with van der Waals surface area (Å²) in [7, 11) is 1.55. The maximum atomic E-state index is 12.2. The van der Waals surface area contributed by atoms with Crippen LogP contribution in [0.5, 0.6) is 0 Å². The summed E-state index contributed by atoms with van der Waals surface area (Å²) in [6.45, 7) is 1.65. The number of aryl methyl sites for hydroxylation is 1. The Balaban J connectivity index is 2.29. The molecule has 0 fully saturated rings. The fourth-order valence-electron chi connectivity index (χ4n) is 1.65. The number of thiazole rings is 1. The highest BCUT2D eigenvalue weighted by Gasteiger charge is 2.20. The quantitative estimate of drug-likeness (QED) is 0.633. The van der Waals surface area contributed by atoms with Crippen LogP contribution in [-0.2, 0) is 18.2 Å². The first-order valence-electron chi connectivity index (χ1n) is 5.49. The van der Waals surface area contributed by atoms with Crippen molar-refractivity contribution < 1.29 is 9.08 Å². The molecule has 0 saturated heterocycles. The molecule has 0 bridgehead atoms. The van der Waals surface area contributed by atoms with Gasteiger partial charge in [-0.2, -0.15) is 9.97 Å². The Morgan fingerprint density at radius 3 is 2.70 bits per heavy atom. The zero-order chi connectivity index (χ0) is 14.4. The first-order valence-corrected chi connectivity index (χ1v) is 7.86. The summed E-state index contributed by atoms with van der Waals surface area (Å²) < 4.78 is 18.0. The van der Waals surface area contributed by atoms with E-state index in [4.69, 9.17) is 4.52 Å². The number of nitrogens with zero attached hydrogens (tertiary/aromatic N) is 5. The molecule has 10 heteroatoms. The summed E-state index contributed by atoms with van der Waals surface area (Å²) >= 11 is -0.132. The number of hydrogen-bond acceptors (Lipinski definition) is 8. The van der Waals surface area contributed by atoms with Gasteiger partial charge in [-0.05, 0) is 11.3 Å². The minimum absolute atomic E-state index is 0.201. The Labute approximate surface area is 119 Å². The molecule has 1 unspecified atom stereocenters. The molecule has 3 heterocycles. The Kier molecular flexibility index (Phi) is 3.07. The first kappa shape index (κ1) is 13.2. The van der Waals surface area contributed by atoms with Crippen LogP contribution in [0.15, 0.2) is 13.7 Å². The molecule has 0 N–H and O–H groups in total. The van der Waals surface area contributed by atoms with Gasteiger partial charge in [0.1, 0.15) is 6.26 Å². The lowest BCUT2D eigenvalue weighted by Gasteiger charge is -2.01. The van der Waals surface area contributed by atoms with Crippen molar-refractivity contribution in [2.75, 3.05) is 6.26 Å². The molecule has 0 aliphatic rings. The summed E-state index contributed by atoms with van der Waals surface area (Å²) in [5.41, 5.74) is -0.132. The van der Waals surface area contributed by atoms with E-state index in [1.807, 2.05) is 0 Å². The van der Waals surface area contributed by atoms with Gasteiger partial charge in [0.2, 0.25) is 11.7 Å². The fourth-order valence-corrected chi connectivity index (χ4v) is 3.24. The monoisotopic (exact) mass is 311 g/mol. The summed E-state index contributed by atoms with van der Waals surface area (Å²) in [6, 6.07) is 0. The molecule has 1 atom stereocenters. The molecule has 3 rings (SSSR count). The molecule has 104 valence electrons. The molecule has 3 aromatic rings. The van der Waals surface area contributed by atoms with E-state index in [0.29, 0.717) is 15.1 Å². The highest BCUT2D eigenvalue weighted by molar-refractivity contribution is 7.92. The van der Waals surface area contributed by atoms with Crippen molar-refractivity contribution >= 4 is 32.9 Å². The van der Waals surface area contributed by atoms with Gasteiger partial charge in [0.05, 0.1) is 0 Å². The lowest BCUT2D eigenvalue weighted by Crippen LogP contribution is -2.20. The van der Waals surface area contributed by atoms with Gasteiger partial charge in [-0.3, -0.25) is 9.36 Å². The third-order valence-corrected chi connectivity index (χ3v) is 4.88. The molecule has 0 spiro atoms. The van der Waals surface area contributed by atoms with Crippen LogP contribution in [0.2, 0.25) is 0 Å². The average Bonchev–Trinajstić information content (AvgIpc) is 3.00. The van der Waals surface area contributed by atoms with Crippen molar-refractivity contribution in [1.82, 2.24) is 24.7 Å². The molecule has 20 heavy (non-hydrogen) atoms. The van der Waals surface area contributed by atoms with Gasteiger partial charge in [-0.15, -0.1) is 0 Å². The van der Waals surface area contributed by atoms with E-state index in [-0.39, 0.29) is 22.7 Å². The topological polar surface area (TPSA) is 110 Å². The third kappa shape index (κ3) is 2.01. The van der Waals surface area contributed by atoms with Gasteiger partial charge in [-0.1, -0.05) is 5.16 Å². The summed E-state index contributed by atoms with van der Waals surface area (Å²) in [5, 5.41) is 3.75. The van der Waals surface area contributed by atoms with E-state index in [9.17, 15) is 9.35 Å². The maximum Gasteiger partial charge on any atom is 0.304 e. The first-order chi connectivity index (χ1) is 9.47. The van der Waals surface area contributed by atoms with Crippen LogP contribution in [0.3, 0.4) is 0 Å². The molecular formula is C10H9N5O3S2. The van der Waals surface area contributed by atoms with Crippen LogP contribution in [-0.4, -0.2) is 35.5 Å².